The molecule has 0 aromatic carbocycles. The molecule has 1 amide bonds. The summed E-state index contributed by atoms with van der Waals surface area (Å²) in [6.45, 7) is 3.79. The smallest absolute Gasteiger partial charge is 0.225 e. The lowest BCUT2D eigenvalue weighted by molar-refractivity contribution is -0.116. The van der Waals surface area contributed by atoms with Gasteiger partial charge in [0.1, 0.15) is 0 Å². The molecule has 0 bridgehead atoms. The quantitative estimate of drug-likeness (QED) is 0.800. The number of nitrogens with one attached hydrogen (secondary N) is 1. The maximum absolute atomic E-state index is 11.6. The second-order valence-corrected chi connectivity index (χ2v) is 4.73. The maximum Gasteiger partial charge on any atom is 0.225 e. The van der Waals surface area contributed by atoms with Crippen LogP contribution in [0.15, 0.2) is 6.07 Å². The van der Waals surface area contributed by atoms with E-state index in [1.807, 2.05) is 13.8 Å². The van der Waals surface area contributed by atoms with Crippen LogP contribution < -0.4 is 15.8 Å². The van der Waals surface area contributed by atoms with Gasteiger partial charge in [-0.3, -0.25) is 4.79 Å². The topological polar surface area (TPSA) is 82.2 Å². The number of aryl methyl sites for hydroxylation is 1. The SMILES string of the molecule is COc1cc(NC(=O)CCC(C)(C)N)nn1C. The summed E-state index contributed by atoms with van der Waals surface area (Å²) in [5.41, 5.74) is 5.47. The monoisotopic (exact) mass is 240 g/mol. The number of amides is 1. The van der Waals surface area contributed by atoms with Gasteiger partial charge in [0.2, 0.25) is 11.8 Å². The van der Waals surface area contributed by atoms with Crippen molar-refractivity contribution in [1.82, 2.24) is 9.78 Å². The highest BCUT2D eigenvalue weighted by molar-refractivity contribution is 5.89. The molecular formula is C11H20N4O2. The fraction of sp³-hybridized carbons (Fsp3) is 0.636. The Morgan fingerprint density at radius 3 is 2.76 bits per heavy atom. The van der Waals surface area contributed by atoms with Crippen LogP contribution in [0, 0.1) is 0 Å². The van der Waals surface area contributed by atoms with E-state index in [0.717, 1.165) is 0 Å². The normalized spacial score (nSPS) is 11.4. The first-order valence-electron chi connectivity index (χ1n) is 5.48. The minimum atomic E-state index is -0.334. The van der Waals surface area contributed by atoms with Crippen LogP contribution in [0.4, 0.5) is 5.82 Å². The molecule has 0 aliphatic rings. The molecule has 1 rings (SSSR count). The van der Waals surface area contributed by atoms with Crippen molar-refractivity contribution in [2.24, 2.45) is 12.8 Å². The number of ether oxygens (including phenoxy) is 1. The van der Waals surface area contributed by atoms with Crippen molar-refractivity contribution in [3.63, 3.8) is 0 Å². The molecule has 1 heterocycles. The predicted molar refractivity (Wildman–Crippen MR) is 65.9 cm³/mol. The van der Waals surface area contributed by atoms with Crippen molar-refractivity contribution in [3.05, 3.63) is 6.07 Å². The lowest BCUT2D eigenvalue weighted by Crippen LogP contribution is -2.33. The zero-order chi connectivity index (χ0) is 13.1. The lowest BCUT2D eigenvalue weighted by atomic mass is 10.00. The predicted octanol–water partition coefficient (Wildman–Crippen LogP) is 0.885. The molecule has 1 aromatic rings. The highest BCUT2D eigenvalue weighted by Gasteiger charge is 2.14. The fourth-order valence-electron chi connectivity index (χ4n) is 1.34. The Morgan fingerprint density at radius 2 is 2.29 bits per heavy atom. The number of hydrogen-bond acceptors (Lipinski definition) is 4. The van der Waals surface area contributed by atoms with Crippen LogP contribution in [0.25, 0.3) is 0 Å². The van der Waals surface area contributed by atoms with Crippen molar-refractivity contribution >= 4 is 11.7 Å². The molecule has 96 valence electrons. The van der Waals surface area contributed by atoms with E-state index in [1.54, 1.807) is 24.9 Å². The van der Waals surface area contributed by atoms with Crippen molar-refractivity contribution in [1.29, 1.82) is 0 Å². The van der Waals surface area contributed by atoms with Gasteiger partial charge < -0.3 is 15.8 Å². The Balaban J connectivity index is 2.50. The van der Waals surface area contributed by atoms with Gasteiger partial charge in [0.05, 0.1) is 7.11 Å². The average Bonchev–Trinajstić information content (AvgIpc) is 2.55. The first kappa shape index (κ1) is 13.5. The molecule has 6 heteroatoms. The van der Waals surface area contributed by atoms with E-state index in [-0.39, 0.29) is 11.4 Å². The number of carbonyl (C=O) groups is 1. The zero-order valence-corrected chi connectivity index (χ0v) is 10.8. The summed E-state index contributed by atoms with van der Waals surface area (Å²) >= 11 is 0. The Hall–Kier alpha value is -1.56. The summed E-state index contributed by atoms with van der Waals surface area (Å²) in [6, 6.07) is 1.67. The molecule has 1 aromatic heterocycles. The molecule has 0 atom stereocenters. The van der Waals surface area contributed by atoms with Gasteiger partial charge in [0, 0.05) is 25.1 Å². The largest absolute Gasteiger partial charge is 0.481 e. The molecular weight excluding hydrogens is 220 g/mol. The van der Waals surface area contributed by atoms with Gasteiger partial charge >= 0.3 is 0 Å². The number of methoxy groups -OCH3 is 1. The number of carbonyl (C=O) groups excluding carboxylic acids is 1. The Bertz CT molecular complexity index is 393. The molecule has 0 aliphatic carbocycles. The molecule has 3 N–H and O–H groups in total. The standard InChI is InChI=1S/C11H20N4O2/c1-11(2,12)6-5-9(16)13-8-7-10(17-4)15(3)14-8/h7H,5-6,12H2,1-4H3,(H,13,14,16). The second kappa shape index (κ2) is 5.18. The highest BCUT2D eigenvalue weighted by atomic mass is 16.5. The summed E-state index contributed by atoms with van der Waals surface area (Å²) in [5, 5.41) is 6.80. The van der Waals surface area contributed by atoms with Gasteiger partial charge in [-0.05, 0) is 20.3 Å². The third-order valence-electron chi connectivity index (χ3n) is 2.31. The van der Waals surface area contributed by atoms with E-state index in [2.05, 4.69) is 10.4 Å². The lowest BCUT2D eigenvalue weighted by Gasteiger charge is -2.17. The number of nitrogens with zero attached hydrogens (tertiary/aromatic N) is 2. The first-order chi connectivity index (χ1) is 7.81. The van der Waals surface area contributed by atoms with Crippen molar-refractivity contribution < 1.29 is 9.53 Å². The molecule has 0 fully saturated rings. The summed E-state index contributed by atoms with van der Waals surface area (Å²) in [6.07, 6.45) is 1.01. The van der Waals surface area contributed by atoms with Gasteiger partial charge in [0.25, 0.3) is 0 Å². The number of nitrogens with two attached hydrogens (primary N) is 1. The zero-order valence-electron chi connectivity index (χ0n) is 10.8. The van der Waals surface area contributed by atoms with E-state index in [4.69, 9.17) is 10.5 Å². The molecule has 17 heavy (non-hydrogen) atoms. The van der Waals surface area contributed by atoms with E-state index >= 15 is 0 Å². The van der Waals surface area contributed by atoms with Crippen molar-refractivity contribution in [3.8, 4) is 5.88 Å². The summed E-state index contributed by atoms with van der Waals surface area (Å²) in [5.74, 6) is 0.993. The molecule has 0 unspecified atom stereocenters. The Labute approximate surface area is 101 Å². The van der Waals surface area contributed by atoms with Gasteiger partial charge in [-0.2, -0.15) is 5.10 Å². The highest BCUT2D eigenvalue weighted by Crippen LogP contribution is 2.16. The number of aromatic nitrogens is 2. The van der Waals surface area contributed by atoms with Crippen LogP contribution >= 0.6 is 0 Å². The van der Waals surface area contributed by atoms with E-state index in [0.29, 0.717) is 24.5 Å². The van der Waals surface area contributed by atoms with Crippen LogP contribution in [0.1, 0.15) is 26.7 Å². The molecule has 0 spiro atoms. The molecule has 0 aliphatic heterocycles. The van der Waals surface area contributed by atoms with Crippen LogP contribution in [-0.4, -0.2) is 28.3 Å². The van der Waals surface area contributed by atoms with Gasteiger partial charge in [-0.25, -0.2) is 4.68 Å². The molecule has 6 nitrogen and oxygen atoms in total. The Morgan fingerprint density at radius 1 is 1.65 bits per heavy atom. The first-order valence-corrected chi connectivity index (χ1v) is 5.48. The second-order valence-electron chi connectivity index (χ2n) is 4.73. The van der Waals surface area contributed by atoms with Crippen LogP contribution in [0.5, 0.6) is 5.88 Å². The van der Waals surface area contributed by atoms with Crippen molar-refractivity contribution in [2.75, 3.05) is 12.4 Å². The third-order valence-corrected chi connectivity index (χ3v) is 2.31. The average molecular weight is 240 g/mol. The minimum Gasteiger partial charge on any atom is -0.481 e. The van der Waals surface area contributed by atoms with Gasteiger partial charge in [0.15, 0.2) is 5.82 Å². The van der Waals surface area contributed by atoms with Crippen LogP contribution in [0.2, 0.25) is 0 Å². The van der Waals surface area contributed by atoms with E-state index in [1.165, 1.54) is 0 Å². The molecule has 0 radical (unpaired) electrons. The summed E-state index contributed by atoms with van der Waals surface area (Å²) < 4.78 is 6.61. The van der Waals surface area contributed by atoms with Gasteiger partial charge in [-0.15, -0.1) is 0 Å². The van der Waals surface area contributed by atoms with Crippen LogP contribution in [-0.2, 0) is 11.8 Å². The van der Waals surface area contributed by atoms with Crippen LogP contribution in [0.3, 0.4) is 0 Å². The van der Waals surface area contributed by atoms with E-state index in [9.17, 15) is 4.79 Å². The maximum atomic E-state index is 11.6. The molecule has 0 saturated carbocycles. The summed E-state index contributed by atoms with van der Waals surface area (Å²) in [4.78, 5) is 11.6. The summed E-state index contributed by atoms with van der Waals surface area (Å²) in [7, 11) is 3.30. The fourth-order valence-corrected chi connectivity index (χ4v) is 1.34. The number of hydrogen-bond donors (Lipinski definition) is 2. The Kier molecular flexibility index (Phi) is 4.11. The third kappa shape index (κ3) is 4.44. The number of rotatable bonds is 5. The molecule has 0 saturated heterocycles. The minimum absolute atomic E-state index is 0.0933. The van der Waals surface area contributed by atoms with E-state index < -0.39 is 0 Å². The van der Waals surface area contributed by atoms with Crippen molar-refractivity contribution in [2.45, 2.75) is 32.2 Å². The van der Waals surface area contributed by atoms with Gasteiger partial charge in [-0.1, -0.05) is 0 Å². The number of anilines is 1.